The lowest BCUT2D eigenvalue weighted by molar-refractivity contribution is 0.437. The minimum Gasteiger partial charge on any atom is -0.303 e. The highest BCUT2D eigenvalue weighted by atomic mass is 15.4. The molecule has 0 amide bonds. The molecule has 0 saturated carbocycles. The largest absolute Gasteiger partial charge is 0.303 e. The predicted octanol–water partition coefficient (Wildman–Crippen LogP) is 0.471. The first-order chi connectivity index (χ1) is 5.13. The fourth-order valence-electron chi connectivity index (χ4n) is 0.468. The van der Waals surface area contributed by atoms with Crippen LogP contribution in [0, 0.1) is 0 Å². The molecule has 0 aliphatic heterocycles. The minimum atomic E-state index is 0.774. The van der Waals surface area contributed by atoms with Crippen LogP contribution in [0.1, 0.15) is 6.42 Å². The van der Waals surface area contributed by atoms with E-state index < -0.39 is 0 Å². The first-order valence-corrected chi connectivity index (χ1v) is 3.52. The molecule has 0 spiro atoms. The van der Waals surface area contributed by atoms with Crippen LogP contribution in [0.25, 0.3) is 0 Å². The second-order valence-electron chi connectivity index (χ2n) is 2.53. The molecule has 11 heavy (non-hydrogen) atoms. The van der Waals surface area contributed by atoms with Crippen LogP contribution in [0.15, 0.2) is 10.2 Å². The molecular formula is C7H16N4. The molecule has 0 aromatic carbocycles. The maximum atomic E-state index is 4.02. The molecule has 0 aromatic heterocycles. The summed E-state index contributed by atoms with van der Waals surface area (Å²) in [7, 11) is 7.55. The van der Waals surface area contributed by atoms with E-state index in [2.05, 4.69) is 10.2 Å². The van der Waals surface area contributed by atoms with Crippen LogP contribution in [0.4, 0.5) is 0 Å². The molecule has 0 fully saturated rings. The Labute approximate surface area is 68.2 Å². The fraction of sp³-hybridized carbons (Fsp3) is 0.714. The molecule has 0 unspecified atom stereocenters. The zero-order valence-electron chi connectivity index (χ0n) is 7.65. The van der Waals surface area contributed by atoms with Crippen LogP contribution in [0.3, 0.4) is 0 Å². The average Bonchev–Trinajstić information content (AvgIpc) is 1.85. The molecule has 4 heteroatoms. The maximum absolute atomic E-state index is 4.02. The van der Waals surface area contributed by atoms with Crippen molar-refractivity contribution >= 4 is 12.4 Å². The highest BCUT2D eigenvalue weighted by Gasteiger charge is 1.77. The molecule has 0 aliphatic rings. The Morgan fingerprint density at radius 3 is 1.55 bits per heavy atom. The van der Waals surface area contributed by atoms with Crippen molar-refractivity contribution in [3.8, 4) is 0 Å². The minimum absolute atomic E-state index is 0.774. The molecule has 4 nitrogen and oxygen atoms in total. The van der Waals surface area contributed by atoms with Gasteiger partial charge in [-0.1, -0.05) is 0 Å². The molecule has 0 saturated heterocycles. The zero-order chi connectivity index (χ0) is 8.69. The van der Waals surface area contributed by atoms with Gasteiger partial charge >= 0.3 is 0 Å². The number of nitrogens with zero attached hydrogens (tertiary/aromatic N) is 4. The van der Waals surface area contributed by atoms with Gasteiger partial charge in [-0.25, -0.2) is 0 Å². The van der Waals surface area contributed by atoms with Gasteiger partial charge in [0.2, 0.25) is 0 Å². The van der Waals surface area contributed by atoms with Crippen molar-refractivity contribution in [3.63, 3.8) is 0 Å². The van der Waals surface area contributed by atoms with Crippen molar-refractivity contribution in [1.82, 2.24) is 10.0 Å². The van der Waals surface area contributed by atoms with Crippen LogP contribution in [-0.4, -0.2) is 50.6 Å². The first-order valence-electron chi connectivity index (χ1n) is 3.52. The van der Waals surface area contributed by atoms with Gasteiger partial charge in [-0.3, -0.25) is 0 Å². The van der Waals surface area contributed by atoms with Gasteiger partial charge in [0.15, 0.2) is 0 Å². The molecule has 64 valence electrons. The lowest BCUT2D eigenvalue weighted by Crippen LogP contribution is -2.03. The standard InChI is InChI=1S/C7H16N4/c1-10(2)8-6-5-7-9-11(3)4/h6-7H,5H2,1-4H3/b8-6-,9-7+. The van der Waals surface area contributed by atoms with Gasteiger partial charge in [-0.15, -0.1) is 0 Å². The smallest absolute Gasteiger partial charge is 0.0298 e. The summed E-state index contributed by atoms with van der Waals surface area (Å²) < 4.78 is 0. The monoisotopic (exact) mass is 156 g/mol. The normalized spacial score (nSPS) is 11.3. The van der Waals surface area contributed by atoms with Gasteiger partial charge in [-0.05, 0) is 0 Å². The van der Waals surface area contributed by atoms with E-state index >= 15 is 0 Å². The van der Waals surface area contributed by atoms with E-state index in [9.17, 15) is 0 Å². The third-order valence-corrected chi connectivity index (χ3v) is 0.836. The van der Waals surface area contributed by atoms with E-state index in [-0.39, 0.29) is 0 Å². The van der Waals surface area contributed by atoms with E-state index in [1.165, 1.54) is 0 Å². The van der Waals surface area contributed by atoms with Crippen LogP contribution in [-0.2, 0) is 0 Å². The number of rotatable bonds is 4. The molecule has 0 aromatic rings. The molecule has 0 heterocycles. The summed E-state index contributed by atoms with van der Waals surface area (Å²) in [6, 6.07) is 0. The summed E-state index contributed by atoms with van der Waals surface area (Å²) in [5.41, 5.74) is 0. The molecule has 0 rings (SSSR count). The van der Waals surface area contributed by atoms with E-state index in [0.29, 0.717) is 0 Å². The molecule has 0 aliphatic carbocycles. The summed E-state index contributed by atoms with van der Waals surface area (Å²) >= 11 is 0. The Morgan fingerprint density at radius 1 is 0.909 bits per heavy atom. The van der Waals surface area contributed by atoms with Crippen LogP contribution >= 0.6 is 0 Å². The highest BCUT2D eigenvalue weighted by Crippen LogP contribution is 1.76. The van der Waals surface area contributed by atoms with E-state index in [1.807, 2.05) is 40.6 Å². The van der Waals surface area contributed by atoms with Gasteiger partial charge in [0, 0.05) is 47.0 Å². The zero-order valence-corrected chi connectivity index (χ0v) is 7.65. The topological polar surface area (TPSA) is 31.2 Å². The van der Waals surface area contributed by atoms with Gasteiger partial charge in [0.25, 0.3) is 0 Å². The Bertz CT molecular complexity index is 121. The number of hydrogen-bond acceptors (Lipinski definition) is 4. The summed E-state index contributed by atoms with van der Waals surface area (Å²) in [4.78, 5) is 0. The van der Waals surface area contributed by atoms with Crippen molar-refractivity contribution in [2.24, 2.45) is 10.2 Å². The van der Waals surface area contributed by atoms with E-state index in [4.69, 9.17) is 0 Å². The van der Waals surface area contributed by atoms with Crippen LogP contribution < -0.4 is 0 Å². The Kier molecular flexibility index (Phi) is 5.15. The lowest BCUT2D eigenvalue weighted by atomic mass is 10.5. The van der Waals surface area contributed by atoms with Crippen molar-refractivity contribution in [1.29, 1.82) is 0 Å². The van der Waals surface area contributed by atoms with Crippen molar-refractivity contribution in [2.75, 3.05) is 28.2 Å². The third kappa shape index (κ3) is 8.94. The summed E-state index contributed by atoms with van der Waals surface area (Å²) in [5.74, 6) is 0. The number of hydrazone groups is 2. The average molecular weight is 156 g/mol. The molecule has 0 bridgehead atoms. The molecule has 0 N–H and O–H groups in total. The van der Waals surface area contributed by atoms with Gasteiger partial charge in [-0.2, -0.15) is 10.2 Å². The second kappa shape index (κ2) is 5.70. The molecule has 0 radical (unpaired) electrons. The Hall–Kier alpha value is -1.06. The maximum Gasteiger partial charge on any atom is 0.0298 e. The summed E-state index contributed by atoms with van der Waals surface area (Å²) in [6.07, 6.45) is 4.40. The van der Waals surface area contributed by atoms with E-state index in [1.54, 1.807) is 10.0 Å². The Morgan fingerprint density at radius 2 is 1.27 bits per heavy atom. The SMILES string of the molecule is CN(C)/N=C\C/C=N/N(C)C. The second-order valence-corrected chi connectivity index (χ2v) is 2.53. The number of hydrogen-bond donors (Lipinski definition) is 0. The highest BCUT2D eigenvalue weighted by molar-refractivity contribution is 5.78. The molecule has 0 atom stereocenters. The van der Waals surface area contributed by atoms with Gasteiger partial charge in [0.1, 0.15) is 0 Å². The first kappa shape index (κ1) is 9.94. The van der Waals surface area contributed by atoms with Crippen molar-refractivity contribution in [3.05, 3.63) is 0 Å². The van der Waals surface area contributed by atoms with Crippen molar-refractivity contribution in [2.45, 2.75) is 6.42 Å². The third-order valence-electron chi connectivity index (χ3n) is 0.836. The van der Waals surface area contributed by atoms with E-state index in [0.717, 1.165) is 6.42 Å². The summed E-state index contributed by atoms with van der Waals surface area (Å²) in [6.45, 7) is 0. The fourth-order valence-corrected chi connectivity index (χ4v) is 0.468. The molecular weight excluding hydrogens is 140 g/mol. The van der Waals surface area contributed by atoms with Gasteiger partial charge in [0.05, 0.1) is 0 Å². The lowest BCUT2D eigenvalue weighted by Gasteiger charge is -2.02. The summed E-state index contributed by atoms with van der Waals surface area (Å²) in [5, 5.41) is 11.5. The Balaban J connectivity index is 3.41. The van der Waals surface area contributed by atoms with Crippen molar-refractivity contribution < 1.29 is 0 Å². The van der Waals surface area contributed by atoms with Gasteiger partial charge < -0.3 is 10.0 Å². The van der Waals surface area contributed by atoms with Crippen LogP contribution in [0.5, 0.6) is 0 Å². The quantitative estimate of drug-likeness (QED) is 0.437. The van der Waals surface area contributed by atoms with Crippen LogP contribution in [0.2, 0.25) is 0 Å². The predicted molar refractivity (Wildman–Crippen MR) is 49.0 cm³/mol.